The fourth-order valence-corrected chi connectivity index (χ4v) is 2.00. The molecular weight excluding hydrogens is 285 g/mol. The molecule has 1 saturated heterocycles. The SMILES string of the molecule is CC1CN(Cc2nccn2C(F)F)CCN1.Cl.Cl. The van der Waals surface area contributed by atoms with Crippen LogP contribution < -0.4 is 5.32 Å². The zero-order chi connectivity index (χ0) is 11.5. The molecule has 1 aliphatic heterocycles. The second-order valence-corrected chi connectivity index (χ2v) is 4.12. The van der Waals surface area contributed by atoms with E-state index < -0.39 is 6.55 Å². The molecule has 4 nitrogen and oxygen atoms in total. The number of halogens is 4. The van der Waals surface area contributed by atoms with Crippen LogP contribution in [0.2, 0.25) is 0 Å². The van der Waals surface area contributed by atoms with E-state index in [2.05, 4.69) is 22.1 Å². The molecule has 0 spiro atoms. The molecule has 1 aromatic rings. The lowest BCUT2D eigenvalue weighted by Crippen LogP contribution is -2.48. The number of hydrogen-bond donors (Lipinski definition) is 1. The third-order valence-corrected chi connectivity index (χ3v) is 2.78. The van der Waals surface area contributed by atoms with Crippen molar-refractivity contribution in [3.63, 3.8) is 0 Å². The molecule has 2 heterocycles. The van der Waals surface area contributed by atoms with Crippen molar-refractivity contribution in [2.24, 2.45) is 0 Å². The van der Waals surface area contributed by atoms with E-state index in [0.29, 0.717) is 18.4 Å². The lowest BCUT2D eigenvalue weighted by atomic mass is 10.2. The van der Waals surface area contributed by atoms with Gasteiger partial charge in [-0.1, -0.05) is 0 Å². The van der Waals surface area contributed by atoms with Crippen LogP contribution in [0.4, 0.5) is 8.78 Å². The third kappa shape index (κ3) is 4.35. The van der Waals surface area contributed by atoms with E-state index in [1.165, 1.54) is 12.4 Å². The summed E-state index contributed by atoms with van der Waals surface area (Å²) in [7, 11) is 0. The van der Waals surface area contributed by atoms with Gasteiger partial charge in [-0.15, -0.1) is 24.8 Å². The molecule has 0 aromatic carbocycles. The van der Waals surface area contributed by atoms with Crippen LogP contribution in [0.1, 0.15) is 19.3 Å². The molecule has 2 rings (SSSR count). The summed E-state index contributed by atoms with van der Waals surface area (Å²) in [6, 6.07) is 0.406. The molecule has 0 saturated carbocycles. The summed E-state index contributed by atoms with van der Waals surface area (Å²) in [4.78, 5) is 6.12. The Bertz CT molecular complexity index is 348. The standard InChI is InChI=1S/C10H16F2N4.2ClH/c1-8-6-15(4-2-13-8)7-9-14-3-5-16(9)10(11)12;;/h3,5,8,10,13H,2,4,6-7H2,1H3;2*1H. The molecule has 1 N–H and O–H groups in total. The minimum absolute atomic E-state index is 0. The van der Waals surface area contributed by atoms with Crippen LogP contribution in [0.25, 0.3) is 0 Å². The van der Waals surface area contributed by atoms with Crippen molar-refractivity contribution in [2.75, 3.05) is 19.6 Å². The third-order valence-electron chi connectivity index (χ3n) is 2.78. The van der Waals surface area contributed by atoms with E-state index in [4.69, 9.17) is 0 Å². The van der Waals surface area contributed by atoms with Crippen LogP contribution in [0, 0.1) is 0 Å². The fourth-order valence-electron chi connectivity index (χ4n) is 2.00. The Hall–Kier alpha value is -0.430. The maximum absolute atomic E-state index is 12.6. The van der Waals surface area contributed by atoms with Crippen molar-refractivity contribution < 1.29 is 8.78 Å². The van der Waals surface area contributed by atoms with Crippen molar-refractivity contribution in [1.29, 1.82) is 0 Å². The number of hydrogen-bond acceptors (Lipinski definition) is 3. The Morgan fingerprint density at radius 1 is 1.50 bits per heavy atom. The molecule has 1 atom stereocenters. The summed E-state index contributed by atoms with van der Waals surface area (Å²) in [6.45, 7) is 2.72. The topological polar surface area (TPSA) is 33.1 Å². The van der Waals surface area contributed by atoms with Crippen LogP contribution in [-0.2, 0) is 6.54 Å². The smallest absolute Gasteiger partial charge is 0.312 e. The van der Waals surface area contributed by atoms with E-state index >= 15 is 0 Å². The van der Waals surface area contributed by atoms with E-state index in [1.54, 1.807) is 0 Å². The minimum Gasteiger partial charge on any atom is -0.312 e. The predicted octanol–water partition coefficient (Wildman–Crippen LogP) is 1.92. The lowest BCUT2D eigenvalue weighted by molar-refractivity contribution is 0.0629. The number of rotatable bonds is 3. The average molecular weight is 303 g/mol. The quantitative estimate of drug-likeness (QED) is 0.926. The zero-order valence-electron chi connectivity index (χ0n) is 10.1. The fraction of sp³-hybridized carbons (Fsp3) is 0.700. The first kappa shape index (κ1) is 17.6. The molecule has 8 heteroatoms. The summed E-state index contributed by atoms with van der Waals surface area (Å²) in [6.07, 6.45) is 2.75. The predicted molar refractivity (Wildman–Crippen MR) is 70.7 cm³/mol. The van der Waals surface area contributed by atoms with Crippen molar-refractivity contribution in [3.05, 3.63) is 18.2 Å². The van der Waals surface area contributed by atoms with E-state index in [1.807, 2.05) is 0 Å². The summed E-state index contributed by atoms with van der Waals surface area (Å²) < 4.78 is 26.1. The number of aromatic nitrogens is 2. The van der Waals surface area contributed by atoms with Crippen LogP contribution in [0.5, 0.6) is 0 Å². The second kappa shape index (κ2) is 7.89. The molecular formula is C10H18Cl2F2N4. The van der Waals surface area contributed by atoms with Gasteiger partial charge < -0.3 is 5.32 Å². The lowest BCUT2D eigenvalue weighted by Gasteiger charge is -2.31. The van der Waals surface area contributed by atoms with E-state index in [0.717, 1.165) is 24.2 Å². The normalized spacial score (nSPS) is 20.3. The summed E-state index contributed by atoms with van der Waals surface area (Å²) in [5.41, 5.74) is 0. The Labute approximate surface area is 118 Å². The Morgan fingerprint density at radius 2 is 2.22 bits per heavy atom. The highest BCUT2D eigenvalue weighted by Crippen LogP contribution is 2.14. The van der Waals surface area contributed by atoms with E-state index in [9.17, 15) is 8.78 Å². The molecule has 1 aromatic heterocycles. The average Bonchev–Trinajstić information content (AvgIpc) is 2.66. The van der Waals surface area contributed by atoms with Gasteiger partial charge in [-0.2, -0.15) is 8.78 Å². The molecule has 0 bridgehead atoms. The van der Waals surface area contributed by atoms with Gasteiger partial charge in [-0.25, -0.2) is 4.98 Å². The summed E-state index contributed by atoms with van der Waals surface area (Å²) in [5, 5.41) is 3.31. The molecule has 106 valence electrons. The minimum atomic E-state index is -2.50. The van der Waals surface area contributed by atoms with Gasteiger partial charge in [0.1, 0.15) is 5.82 Å². The molecule has 1 fully saturated rings. The van der Waals surface area contributed by atoms with Gasteiger partial charge in [-0.05, 0) is 6.92 Å². The number of nitrogens with zero attached hydrogens (tertiary/aromatic N) is 3. The largest absolute Gasteiger partial charge is 0.319 e. The monoisotopic (exact) mass is 302 g/mol. The Morgan fingerprint density at radius 3 is 2.83 bits per heavy atom. The molecule has 18 heavy (non-hydrogen) atoms. The van der Waals surface area contributed by atoms with Crippen LogP contribution in [0.15, 0.2) is 12.4 Å². The summed E-state index contributed by atoms with van der Waals surface area (Å²) in [5.74, 6) is 0.434. The zero-order valence-corrected chi connectivity index (χ0v) is 11.7. The molecule has 0 amide bonds. The van der Waals surface area contributed by atoms with Gasteiger partial charge in [0.2, 0.25) is 0 Å². The molecule has 0 aliphatic carbocycles. The van der Waals surface area contributed by atoms with Gasteiger partial charge in [0.25, 0.3) is 0 Å². The highest BCUT2D eigenvalue weighted by molar-refractivity contribution is 5.85. The van der Waals surface area contributed by atoms with Gasteiger partial charge in [0.05, 0.1) is 6.54 Å². The van der Waals surface area contributed by atoms with Crippen LogP contribution in [-0.4, -0.2) is 40.1 Å². The summed E-state index contributed by atoms with van der Waals surface area (Å²) >= 11 is 0. The second-order valence-electron chi connectivity index (χ2n) is 4.12. The number of piperazine rings is 1. The molecule has 1 aliphatic rings. The molecule has 0 radical (unpaired) electrons. The highest BCUT2D eigenvalue weighted by Gasteiger charge is 2.19. The van der Waals surface area contributed by atoms with Gasteiger partial charge in [-0.3, -0.25) is 9.47 Å². The first-order valence-electron chi connectivity index (χ1n) is 5.42. The van der Waals surface area contributed by atoms with Crippen molar-refractivity contribution in [1.82, 2.24) is 19.8 Å². The number of alkyl halides is 2. The van der Waals surface area contributed by atoms with Crippen molar-refractivity contribution >= 4 is 24.8 Å². The Balaban J connectivity index is 0.00000144. The van der Waals surface area contributed by atoms with Gasteiger partial charge in [0, 0.05) is 38.1 Å². The van der Waals surface area contributed by atoms with Gasteiger partial charge >= 0.3 is 6.55 Å². The maximum Gasteiger partial charge on any atom is 0.319 e. The van der Waals surface area contributed by atoms with Crippen molar-refractivity contribution in [3.8, 4) is 0 Å². The number of imidazole rings is 1. The van der Waals surface area contributed by atoms with Crippen molar-refractivity contribution in [2.45, 2.75) is 26.1 Å². The van der Waals surface area contributed by atoms with E-state index in [-0.39, 0.29) is 24.8 Å². The first-order valence-corrected chi connectivity index (χ1v) is 5.42. The molecule has 1 unspecified atom stereocenters. The van der Waals surface area contributed by atoms with Crippen LogP contribution in [0.3, 0.4) is 0 Å². The van der Waals surface area contributed by atoms with Crippen LogP contribution >= 0.6 is 24.8 Å². The highest BCUT2D eigenvalue weighted by atomic mass is 35.5. The maximum atomic E-state index is 12.6. The Kier molecular flexibility index (Phi) is 7.70. The van der Waals surface area contributed by atoms with Gasteiger partial charge in [0.15, 0.2) is 0 Å². The first-order chi connectivity index (χ1) is 7.66. The number of nitrogens with one attached hydrogen (secondary N) is 1.